The van der Waals surface area contributed by atoms with Crippen LogP contribution in [0, 0.1) is 3.57 Å². The van der Waals surface area contributed by atoms with Crippen LogP contribution in [-0.4, -0.2) is 14.6 Å². The third kappa shape index (κ3) is 2.07. The molecule has 1 rings (SSSR count). The summed E-state index contributed by atoms with van der Waals surface area (Å²) < 4.78 is 1.20. The maximum absolute atomic E-state index is 8.65. The van der Waals surface area contributed by atoms with Crippen molar-refractivity contribution < 1.29 is 4.80 Å². The van der Waals surface area contributed by atoms with Gasteiger partial charge in [-0.1, -0.05) is 12.1 Å². The summed E-state index contributed by atoms with van der Waals surface area (Å²) >= 11 is 2.23. The number of benzene rings is 1. The van der Waals surface area contributed by atoms with E-state index in [0.717, 1.165) is 5.19 Å². The van der Waals surface area contributed by atoms with Crippen molar-refractivity contribution >= 4 is 37.5 Å². The van der Waals surface area contributed by atoms with Crippen molar-refractivity contribution in [2.45, 2.75) is 0 Å². The van der Waals surface area contributed by atoms with Gasteiger partial charge in [-0.3, -0.25) is 0 Å². The zero-order chi connectivity index (χ0) is 6.69. The van der Waals surface area contributed by atoms with E-state index in [9.17, 15) is 0 Å². The summed E-state index contributed by atoms with van der Waals surface area (Å²) in [7, 11) is -0.0769. The van der Waals surface area contributed by atoms with E-state index < -0.39 is 0 Å². The fraction of sp³-hybridized carbons (Fsp3) is 0. The van der Waals surface area contributed by atoms with Gasteiger partial charge in [0, 0.05) is 3.57 Å². The molecule has 0 aromatic heterocycles. The molecule has 0 atom stereocenters. The molecule has 0 fully saturated rings. The molecule has 1 aromatic carbocycles. The Morgan fingerprint density at radius 3 is 2.22 bits per heavy atom. The van der Waals surface area contributed by atoms with E-state index in [1.165, 1.54) is 3.57 Å². The van der Waals surface area contributed by atoms with Crippen molar-refractivity contribution in [1.82, 2.24) is 0 Å². The molecule has 0 saturated carbocycles. The van der Waals surface area contributed by atoms with Gasteiger partial charge in [-0.05, 0) is 39.9 Å². The van der Waals surface area contributed by atoms with Crippen molar-refractivity contribution in [2.24, 2.45) is 0 Å². The molecule has 0 saturated heterocycles. The predicted molar refractivity (Wildman–Crippen MR) is 46.8 cm³/mol. The Balaban J connectivity index is 2.88. The minimum Gasteiger partial charge on any atom is -0.428 e. The lowest BCUT2D eigenvalue weighted by Gasteiger charge is -1.91. The molecule has 46 valence electrons. The predicted octanol–water partition coefficient (Wildman–Crippen LogP) is 0.528. The monoisotopic (exact) mass is 248 g/mol. The fourth-order valence-corrected chi connectivity index (χ4v) is 1.20. The Bertz CT molecular complexity index is 185. The summed E-state index contributed by atoms with van der Waals surface area (Å²) in [4.78, 5) is 8.65. The van der Waals surface area contributed by atoms with E-state index in [-0.39, 0.29) is 9.76 Å². The van der Waals surface area contributed by atoms with E-state index in [0.29, 0.717) is 0 Å². The van der Waals surface area contributed by atoms with Crippen LogP contribution in [-0.2, 0) is 0 Å². The molecular formula is C6H5IOSi. The Labute approximate surface area is 70.2 Å². The second-order valence-electron chi connectivity index (χ2n) is 1.62. The number of hydrogen-bond acceptors (Lipinski definition) is 1. The van der Waals surface area contributed by atoms with E-state index in [2.05, 4.69) is 22.6 Å². The molecular weight excluding hydrogens is 243 g/mol. The third-order valence-electron chi connectivity index (χ3n) is 0.973. The molecule has 0 spiro atoms. The first kappa shape index (κ1) is 7.24. The molecule has 0 aliphatic rings. The van der Waals surface area contributed by atoms with Gasteiger partial charge in [0.15, 0.2) is 0 Å². The van der Waals surface area contributed by atoms with Crippen LogP contribution in [0.15, 0.2) is 24.3 Å². The summed E-state index contributed by atoms with van der Waals surface area (Å²) in [5, 5.41) is 0.996. The maximum Gasteiger partial charge on any atom is 0.265 e. The van der Waals surface area contributed by atoms with Crippen LogP contribution in [0.2, 0.25) is 0 Å². The summed E-state index contributed by atoms with van der Waals surface area (Å²) in [5.74, 6) is 0. The highest BCUT2D eigenvalue weighted by Crippen LogP contribution is 1.99. The van der Waals surface area contributed by atoms with E-state index in [1.807, 2.05) is 24.3 Å². The van der Waals surface area contributed by atoms with Crippen LogP contribution in [0.3, 0.4) is 0 Å². The minimum absolute atomic E-state index is 0.0769. The van der Waals surface area contributed by atoms with Gasteiger partial charge in [0.2, 0.25) is 0 Å². The average molecular weight is 248 g/mol. The normalized spacial score (nSPS) is 9.56. The van der Waals surface area contributed by atoms with Crippen LogP contribution in [0.4, 0.5) is 0 Å². The molecule has 3 heteroatoms. The first-order valence-corrected chi connectivity index (χ1v) is 4.51. The lowest BCUT2D eigenvalue weighted by Crippen LogP contribution is -2.11. The summed E-state index contributed by atoms with van der Waals surface area (Å²) in [5.41, 5.74) is 0. The fourth-order valence-electron chi connectivity index (χ4n) is 0.524. The van der Waals surface area contributed by atoms with E-state index in [4.69, 9.17) is 4.80 Å². The number of hydrogen-bond donors (Lipinski definition) is 1. The van der Waals surface area contributed by atoms with E-state index >= 15 is 0 Å². The van der Waals surface area contributed by atoms with Crippen molar-refractivity contribution in [3.63, 3.8) is 0 Å². The largest absolute Gasteiger partial charge is 0.428 e. The standard InChI is InChI=1S/C6H5IOSi/c7-5-1-3-6(9-8)4-2-5/h1-4,8H. The first-order valence-electron chi connectivity index (χ1n) is 2.48. The van der Waals surface area contributed by atoms with Gasteiger partial charge in [0.25, 0.3) is 9.76 Å². The molecule has 2 radical (unpaired) electrons. The van der Waals surface area contributed by atoms with Crippen molar-refractivity contribution in [2.75, 3.05) is 0 Å². The van der Waals surface area contributed by atoms with Gasteiger partial charge in [-0.2, -0.15) is 0 Å². The Morgan fingerprint density at radius 1 is 1.22 bits per heavy atom. The van der Waals surface area contributed by atoms with Gasteiger partial charge in [-0.15, -0.1) is 0 Å². The van der Waals surface area contributed by atoms with E-state index in [1.54, 1.807) is 0 Å². The van der Waals surface area contributed by atoms with Gasteiger partial charge in [0.05, 0.1) is 0 Å². The zero-order valence-corrected chi connectivity index (χ0v) is 7.79. The highest BCUT2D eigenvalue weighted by molar-refractivity contribution is 14.1. The van der Waals surface area contributed by atoms with Gasteiger partial charge < -0.3 is 4.80 Å². The molecule has 1 N–H and O–H groups in total. The topological polar surface area (TPSA) is 20.2 Å². The molecule has 0 unspecified atom stereocenters. The van der Waals surface area contributed by atoms with Crippen LogP contribution >= 0.6 is 22.6 Å². The third-order valence-corrected chi connectivity index (χ3v) is 2.28. The van der Waals surface area contributed by atoms with Crippen molar-refractivity contribution in [3.05, 3.63) is 27.8 Å². The SMILES string of the molecule is O[Si]c1ccc(I)cc1. The van der Waals surface area contributed by atoms with Gasteiger partial charge in [0.1, 0.15) is 0 Å². The summed E-state index contributed by atoms with van der Waals surface area (Å²) in [6.07, 6.45) is 0. The maximum atomic E-state index is 8.65. The lowest BCUT2D eigenvalue weighted by molar-refractivity contribution is 0.615. The zero-order valence-electron chi connectivity index (χ0n) is 4.63. The molecule has 1 nitrogen and oxygen atoms in total. The van der Waals surface area contributed by atoms with Crippen LogP contribution < -0.4 is 5.19 Å². The second kappa shape index (κ2) is 3.33. The molecule has 0 aliphatic carbocycles. The molecule has 0 amide bonds. The lowest BCUT2D eigenvalue weighted by atomic mass is 10.4. The Morgan fingerprint density at radius 2 is 1.78 bits per heavy atom. The molecule has 1 aromatic rings. The van der Waals surface area contributed by atoms with Gasteiger partial charge in [-0.25, -0.2) is 0 Å². The van der Waals surface area contributed by atoms with Crippen molar-refractivity contribution in [1.29, 1.82) is 0 Å². The van der Waals surface area contributed by atoms with Crippen LogP contribution in [0.1, 0.15) is 0 Å². The molecule has 0 bridgehead atoms. The van der Waals surface area contributed by atoms with Crippen LogP contribution in [0.25, 0.3) is 0 Å². The summed E-state index contributed by atoms with van der Waals surface area (Å²) in [6.45, 7) is 0. The first-order chi connectivity index (χ1) is 4.33. The Kier molecular flexibility index (Phi) is 2.68. The minimum atomic E-state index is -0.0769. The number of rotatable bonds is 1. The van der Waals surface area contributed by atoms with Crippen molar-refractivity contribution in [3.8, 4) is 0 Å². The summed E-state index contributed by atoms with van der Waals surface area (Å²) in [6, 6.07) is 7.83. The van der Waals surface area contributed by atoms with Crippen LogP contribution in [0.5, 0.6) is 0 Å². The quantitative estimate of drug-likeness (QED) is 0.567. The number of halogens is 1. The highest BCUT2D eigenvalue weighted by Gasteiger charge is 1.89. The second-order valence-corrected chi connectivity index (χ2v) is 3.67. The molecule has 9 heavy (non-hydrogen) atoms. The molecule has 0 heterocycles. The van der Waals surface area contributed by atoms with Gasteiger partial charge >= 0.3 is 0 Å². The smallest absolute Gasteiger partial charge is 0.265 e. The molecule has 0 aliphatic heterocycles. The Hall–Kier alpha value is 0.127. The highest BCUT2D eigenvalue weighted by atomic mass is 127. The average Bonchev–Trinajstić information content (AvgIpc) is 1.90.